The van der Waals surface area contributed by atoms with E-state index in [9.17, 15) is 15.0 Å². The summed E-state index contributed by atoms with van der Waals surface area (Å²) in [7, 11) is 1.43. The summed E-state index contributed by atoms with van der Waals surface area (Å²) in [6.45, 7) is 2.50. The summed E-state index contributed by atoms with van der Waals surface area (Å²) < 4.78 is 7.21. The fraction of sp³-hybridized carbons (Fsp3) is 0.292. The average molecular weight is 510 g/mol. The molecule has 1 aromatic carbocycles. The lowest BCUT2D eigenvalue weighted by Gasteiger charge is -2.17. The molecule has 0 spiro atoms. The van der Waals surface area contributed by atoms with Crippen LogP contribution in [0.5, 0.6) is 0 Å². The van der Waals surface area contributed by atoms with Gasteiger partial charge in [0.15, 0.2) is 35.1 Å². The van der Waals surface area contributed by atoms with E-state index in [1.807, 2.05) is 25.1 Å². The molecule has 0 saturated carbocycles. The first-order valence-corrected chi connectivity index (χ1v) is 11.6. The highest BCUT2D eigenvalue weighted by molar-refractivity contribution is 6.30. The van der Waals surface area contributed by atoms with Gasteiger partial charge in [0.1, 0.15) is 12.2 Å². The molecule has 4 aromatic rings. The Labute approximate surface area is 211 Å². The van der Waals surface area contributed by atoms with Crippen LogP contribution in [0.15, 0.2) is 49.1 Å². The highest BCUT2D eigenvalue weighted by Gasteiger charge is 2.47. The molecule has 5 rings (SSSR count). The van der Waals surface area contributed by atoms with Crippen molar-refractivity contribution in [3.05, 3.63) is 65.2 Å². The number of carbonyl (C=O) groups is 1. The number of aliphatic hydroxyl groups is 2. The van der Waals surface area contributed by atoms with Crippen LogP contribution in [0.25, 0.3) is 22.6 Å². The second-order valence-corrected chi connectivity index (χ2v) is 8.93. The highest BCUT2D eigenvalue weighted by atomic mass is 35.5. The molecule has 1 aliphatic heterocycles. The number of carbonyl (C=O) groups excluding carboxylic acids is 1. The topological polar surface area (TPSA) is 147 Å². The van der Waals surface area contributed by atoms with Crippen LogP contribution in [0.1, 0.15) is 17.4 Å². The Morgan fingerprint density at radius 3 is 2.78 bits per heavy atom. The molecular formula is C24H24ClN7O4. The summed E-state index contributed by atoms with van der Waals surface area (Å²) in [4.78, 5) is 30.0. The maximum Gasteiger partial charge on any atom is 0.251 e. The summed E-state index contributed by atoms with van der Waals surface area (Å²) >= 11 is 6.15. The molecule has 11 nitrogen and oxygen atoms in total. The van der Waals surface area contributed by atoms with E-state index in [1.54, 1.807) is 12.3 Å². The molecule has 1 amide bonds. The van der Waals surface area contributed by atoms with Gasteiger partial charge in [-0.3, -0.25) is 14.3 Å². The van der Waals surface area contributed by atoms with Gasteiger partial charge in [-0.2, -0.15) is 0 Å². The van der Waals surface area contributed by atoms with Crippen LogP contribution in [-0.4, -0.2) is 66.0 Å². The van der Waals surface area contributed by atoms with Gasteiger partial charge in [0.25, 0.3) is 5.91 Å². The first-order chi connectivity index (χ1) is 17.4. The molecule has 4 atom stereocenters. The third kappa shape index (κ3) is 4.49. The average Bonchev–Trinajstić information content (AvgIpc) is 3.43. The Kier molecular flexibility index (Phi) is 6.54. The fourth-order valence-corrected chi connectivity index (χ4v) is 4.32. The highest BCUT2D eigenvalue weighted by Crippen LogP contribution is 2.34. The maximum atomic E-state index is 12.1. The largest absolute Gasteiger partial charge is 0.387 e. The number of hydrogen-bond acceptors (Lipinski definition) is 9. The molecule has 0 bridgehead atoms. The van der Waals surface area contributed by atoms with E-state index >= 15 is 0 Å². The summed E-state index contributed by atoms with van der Waals surface area (Å²) in [5.74, 6) is 0.224. The number of likely N-dealkylation sites (N-methyl/N-ethyl adjacent to an activating group) is 1. The van der Waals surface area contributed by atoms with Gasteiger partial charge in [-0.25, -0.2) is 15.0 Å². The summed E-state index contributed by atoms with van der Waals surface area (Å²) in [6.07, 6.45) is -0.631. The van der Waals surface area contributed by atoms with E-state index in [4.69, 9.17) is 16.3 Å². The van der Waals surface area contributed by atoms with Crippen molar-refractivity contribution in [1.82, 2.24) is 29.8 Å². The van der Waals surface area contributed by atoms with Crippen molar-refractivity contribution in [2.75, 3.05) is 12.4 Å². The number of nitrogens with one attached hydrogen (secondary N) is 2. The molecule has 4 heterocycles. The smallest absolute Gasteiger partial charge is 0.251 e. The molecule has 186 valence electrons. The Morgan fingerprint density at radius 1 is 1.19 bits per heavy atom. The lowest BCUT2D eigenvalue weighted by molar-refractivity contribution is -0.137. The van der Waals surface area contributed by atoms with Gasteiger partial charge in [0, 0.05) is 31.5 Å². The van der Waals surface area contributed by atoms with Crippen molar-refractivity contribution < 1.29 is 19.7 Å². The Morgan fingerprint density at radius 2 is 2.03 bits per heavy atom. The van der Waals surface area contributed by atoms with E-state index < -0.39 is 30.4 Å². The Balaban J connectivity index is 1.58. The number of aromatic nitrogens is 5. The van der Waals surface area contributed by atoms with Crippen molar-refractivity contribution in [3.8, 4) is 11.4 Å². The standard InChI is InChI=1S/C24H24ClN7O4/c1-12-4-3-5-13(6-12)8-28-21-16-22(31-20(30-21)14-7-15(25)10-27-9-14)32(11-29-16)24-18(34)17(33)19(36-24)23(35)26-2/h3-7,9-11,17-19,24,33-34H,8H2,1-2H3,(H,26,35)(H,28,30,31)/t17?,18?,19-,24?/m1/s1. The Bertz CT molecular complexity index is 1430. The van der Waals surface area contributed by atoms with Gasteiger partial charge < -0.3 is 25.6 Å². The van der Waals surface area contributed by atoms with Crippen LogP contribution in [0.4, 0.5) is 5.82 Å². The first kappa shape index (κ1) is 24.1. The summed E-state index contributed by atoms with van der Waals surface area (Å²) in [5, 5.41) is 27.3. The molecule has 0 aliphatic carbocycles. The number of halogens is 1. The minimum atomic E-state index is -1.43. The number of benzene rings is 1. The number of fused-ring (bicyclic) bond motifs is 1. The SMILES string of the molecule is CNC(=O)[C@@H]1OC(n2cnc3c(NCc4cccc(C)c4)nc(-c4cncc(Cl)c4)nc32)C(O)C1O. The molecule has 12 heteroatoms. The second kappa shape index (κ2) is 9.78. The maximum absolute atomic E-state index is 12.1. The van der Waals surface area contributed by atoms with E-state index in [-0.39, 0.29) is 0 Å². The van der Waals surface area contributed by atoms with Crippen molar-refractivity contribution in [2.45, 2.75) is 38.0 Å². The van der Waals surface area contributed by atoms with Gasteiger partial charge >= 0.3 is 0 Å². The third-order valence-corrected chi connectivity index (χ3v) is 6.15. The van der Waals surface area contributed by atoms with Gasteiger partial charge in [-0.1, -0.05) is 41.4 Å². The van der Waals surface area contributed by atoms with Crippen LogP contribution >= 0.6 is 11.6 Å². The number of amides is 1. The summed E-state index contributed by atoms with van der Waals surface area (Å²) in [5.41, 5.74) is 3.52. The normalized spacial score (nSPS) is 21.6. The number of hydrogen-bond donors (Lipinski definition) is 4. The monoisotopic (exact) mass is 509 g/mol. The molecule has 1 fully saturated rings. The lowest BCUT2D eigenvalue weighted by atomic mass is 10.1. The minimum Gasteiger partial charge on any atom is -0.387 e. The number of aryl methyl sites for hydroxylation is 1. The zero-order valence-electron chi connectivity index (χ0n) is 19.5. The Hall–Kier alpha value is -3.64. The van der Waals surface area contributed by atoms with Crippen LogP contribution in [0.2, 0.25) is 5.02 Å². The summed E-state index contributed by atoms with van der Waals surface area (Å²) in [6, 6.07) is 9.75. The molecule has 0 radical (unpaired) electrons. The van der Waals surface area contributed by atoms with Gasteiger partial charge in [-0.15, -0.1) is 0 Å². The first-order valence-electron chi connectivity index (χ1n) is 11.2. The van der Waals surface area contributed by atoms with Crippen LogP contribution in [0.3, 0.4) is 0 Å². The fourth-order valence-electron chi connectivity index (χ4n) is 4.15. The molecule has 1 aliphatic rings. The number of pyridine rings is 1. The number of aliphatic hydroxyl groups excluding tert-OH is 2. The quantitative estimate of drug-likeness (QED) is 0.305. The second-order valence-electron chi connectivity index (χ2n) is 8.50. The number of ether oxygens (including phenoxy) is 1. The molecule has 1 saturated heterocycles. The van der Waals surface area contributed by atoms with Crippen molar-refractivity contribution in [3.63, 3.8) is 0 Å². The van der Waals surface area contributed by atoms with E-state index in [0.717, 1.165) is 11.1 Å². The van der Waals surface area contributed by atoms with Gasteiger partial charge in [0.05, 0.1) is 11.3 Å². The molecule has 4 N–H and O–H groups in total. The predicted octanol–water partition coefficient (Wildman–Crippen LogP) is 1.83. The molecule has 36 heavy (non-hydrogen) atoms. The minimum absolute atomic E-state index is 0.321. The predicted molar refractivity (Wildman–Crippen MR) is 132 cm³/mol. The molecule has 3 aromatic heterocycles. The van der Waals surface area contributed by atoms with Crippen molar-refractivity contribution in [1.29, 1.82) is 0 Å². The van der Waals surface area contributed by atoms with Crippen LogP contribution in [0, 0.1) is 6.92 Å². The van der Waals surface area contributed by atoms with Crippen LogP contribution in [-0.2, 0) is 16.1 Å². The third-order valence-electron chi connectivity index (χ3n) is 5.94. The van der Waals surface area contributed by atoms with Gasteiger partial charge in [-0.05, 0) is 18.6 Å². The van der Waals surface area contributed by atoms with E-state index in [0.29, 0.717) is 39.9 Å². The van der Waals surface area contributed by atoms with E-state index in [1.165, 1.54) is 24.1 Å². The number of nitrogens with zero attached hydrogens (tertiary/aromatic N) is 5. The van der Waals surface area contributed by atoms with Gasteiger partial charge in [0.2, 0.25) is 0 Å². The lowest BCUT2D eigenvalue weighted by Crippen LogP contribution is -2.41. The molecular weight excluding hydrogens is 486 g/mol. The van der Waals surface area contributed by atoms with E-state index in [2.05, 4.69) is 36.6 Å². The number of anilines is 1. The van der Waals surface area contributed by atoms with Crippen LogP contribution < -0.4 is 10.6 Å². The van der Waals surface area contributed by atoms with Crippen molar-refractivity contribution in [2.24, 2.45) is 0 Å². The number of imidazole rings is 1. The number of rotatable bonds is 6. The zero-order valence-corrected chi connectivity index (χ0v) is 20.2. The zero-order chi connectivity index (χ0) is 25.4. The van der Waals surface area contributed by atoms with Crippen molar-refractivity contribution >= 4 is 34.5 Å². The molecule has 3 unspecified atom stereocenters.